The number of rotatable bonds is 10. The molecule has 2 aliphatic carbocycles. The molecule has 0 saturated heterocycles. The summed E-state index contributed by atoms with van der Waals surface area (Å²) in [5, 5.41) is 16.8. The molecule has 108 heavy (non-hydrogen) atoms. The summed E-state index contributed by atoms with van der Waals surface area (Å²) in [7, 11) is 0. The van der Waals surface area contributed by atoms with Crippen LogP contribution in [0, 0.1) is 0 Å². The maximum Gasteiger partial charge on any atom is 0.202 e. The van der Waals surface area contributed by atoms with Crippen LogP contribution in [0.25, 0.3) is 145 Å². The number of nitrogens with one attached hydrogen (secondary N) is 1. The Morgan fingerprint density at radius 2 is 0.731 bits per heavy atom. The van der Waals surface area contributed by atoms with Crippen molar-refractivity contribution in [1.29, 1.82) is 0 Å². The molecule has 0 atom stereocenters. The number of pyridine rings is 1. The van der Waals surface area contributed by atoms with E-state index < -0.39 is 0 Å². The van der Waals surface area contributed by atoms with Gasteiger partial charge in [-0.25, -0.2) is 19.9 Å². The van der Waals surface area contributed by atoms with Crippen molar-refractivity contribution in [2.24, 2.45) is 0 Å². The Morgan fingerprint density at radius 3 is 1.34 bits per heavy atom. The van der Waals surface area contributed by atoms with Gasteiger partial charge in [-0.2, -0.15) is 0 Å². The Bertz CT molecular complexity index is 6330. The van der Waals surface area contributed by atoms with Crippen LogP contribution in [-0.2, 0) is 10.8 Å². The molecule has 0 amide bonds. The van der Waals surface area contributed by atoms with Gasteiger partial charge in [0.15, 0.2) is 29.3 Å². The first kappa shape index (κ1) is 68.1. The van der Waals surface area contributed by atoms with E-state index in [1.54, 1.807) is 18.3 Å². The van der Waals surface area contributed by atoms with Gasteiger partial charge in [0.25, 0.3) is 0 Å². The van der Waals surface area contributed by atoms with Crippen LogP contribution in [-0.4, -0.2) is 33.8 Å². The van der Waals surface area contributed by atoms with Gasteiger partial charge in [0.1, 0.15) is 5.58 Å². The van der Waals surface area contributed by atoms with E-state index in [1.807, 2.05) is 78.9 Å². The zero-order chi connectivity index (χ0) is 72.2. The van der Waals surface area contributed by atoms with E-state index in [0.29, 0.717) is 23.0 Å². The molecule has 0 bridgehead atoms. The number of fused-ring (bicyclic) bond motifs is 12. The van der Waals surface area contributed by atoms with E-state index in [0.717, 1.165) is 72.2 Å². The van der Waals surface area contributed by atoms with Crippen LogP contribution in [0.3, 0.4) is 0 Å². The van der Waals surface area contributed by atoms with Crippen molar-refractivity contribution < 1.29 is 14.5 Å². The molecule has 0 unspecified atom stereocenters. The van der Waals surface area contributed by atoms with Gasteiger partial charge in [0, 0.05) is 61.1 Å². The number of furan rings is 1. The van der Waals surface area contributed by atoms with E-state index in [9.17, 15) is 5.11 Å². The average molecular weight is 1380 g/mol. The molecule has 8 heteroatoms. The molecular weight excluding hydrogens is 1310 g/mol. The van der Waals surface area contributed by atoms with Crippen molar-refractivity contribution in [3.63, 3.8) is 0 Å². The molecule has 2 aliphatic rings. The Balaban J connectivity index is 0.000000138. The number of benzene rings is 15. The largest absolute Gasteiger partial charge is 1.00 e. The van der Waals surface area contributed by atoms with Crippen LogP contribution in [0.15, 0.2) is 369 Å². The van der Waals surface area contributed by atoms with Gasteiger partial charge in [-0.1, -0.05) is 313 Å². The zero-order valence-electron chi connectivity index (χ0n) is 60.7. The van der Waals surface area contributed by atoms with E-state index in [1.165, 1.54) is 88.7 Å². The Hall–Kier alpha value is -13.0. The van der Waals surface area contributed by atoms with Crippen molar-refractivity contribution in [1.82, 2.24) is 15.0 Å². The second kappa shape index (κ2) is 28.5. The van der Waals surface area contributed by atoms with Crippen LogP contribution in [0.2, 0.25) is 0 Å². The molecular formula is C100H73LiN5O2-. The molecule has 0 aliphatic heterocycles. The van der Waals surface area contributed by atoms with Gasteiger partial charge >= 0.3 is 0 Å². The van der Waals surface area contributed by atoms with Crippen LogP contribution in [0.5, 0.6) is 5.75 Å². The fourth-order valence-electron chi connectivity index (χ4n) is 15.9. The molecule has 20 rings (SSSR count). The fraction of sp³-hybridized carbons (Fsp3) is 0.0600. The van der Waals surface area contributed by atoms with Crippen LogP contribution < -0.4 is 15.0 Å². The summed E-state index contributed by atoms with van der Waals surface area (Å²) in [5.41, 5.74) is 28.7. The number of anilines is 3. The average Bonchev–Trinajstić information content (AvgIpc) is 1.57. The number of aromatic nitrogens is 4. The van der Waals surface area contributed by atoms with Gasteiger partial charge in [-0.05, 0) is 172 Å². The molecule has 7 nitrogen and oxygen atoms in total. The molecule has 0 saturated carbocycles. The molecule has 18 aromatic rings. The summed E-state index contributed by atoms with van der Waals surface area (Å²) in [6, 6.07) is 126. The maximum atomic E-state index is 11.1. The Morgan fingerprint density at radius 1 is 0.315 bits per heavy atom. The summed E-state index contributed by atoms with van der Waals surface area (Å²) in [6.07, 6.45) is 1.75. The summed E-state index contributed by atoms with van der Waals surface area (Å²) < 4.78 is 6.80. The number of hydrogen-bond acceptors (Lipinski definition) is 6. The first-order chi connectivity index (χ1) is 52.5. The second-order valence-electron chi connectivity index (χ2n) is 28.7. The van der Waals surface area contributed by atoms with Crippen molar-refractivity contribution in [3.8, 4) is 107 Å². The van der Waals surface area contributed by atoms with Crippen molar-refractivity contribution >= 4 is 79.5 Å². The minimum atomic E-state index is -0.117. The predicted octanol–water partition coefficient (Wildman–Crippen LogP) is 24.7. The maximum absolute atomic E-state index is 11.1. The molecule has 1 N–H and O–H groups in total. The number of nitrogens with zero attached hydrogens (tertiary/aromatic N) is 4. The third kappa shape index (κ3) is 12.6. The minimum Gasteiger partial charge on any atom is -1.00 e. The molecule has 3 aromatic heterocycles. The second-order valence-corrected chi connectivity index (χ2v) is 28.7. The van der Waals surface area contributed by atoms with Crippen LogP contribution >= 0.6 is 0 Å². The molecule has 2 radical (unpaired) electrons. The van der Waals surface area contributed by atoms with Gasteiger partial charge < -0.3 is 33.3 Å². The smallest absolute Gasteiger partial charge is 0.202 e. The number of H-pyrrole nitrogens is 1. The summed E-state index contributed by atoms with van der Waals surface area (Å²) in [6.45, 7) is 9.34. The van der Waals surface area contributed by atoms with Crippen molar-refractivity contribution in [2.75, 3.05) is 4.90 Å². The standard InChI is InChI=1S/C49H35NO.C42H31N3.C9H7NO.Li/c1-49(2)43-17-9-8-15-40(43)41-29-28-38(31-44(41)49)50(37-26-23-35(24-27-37)34-21-19-33(20-22-34)32-11-4-3-5-12-32)45-18-10-16-42-47-39-14-7-6-13-36(39)25-30-46(47)51-48(42)45;1-42(2)37-22-10-9-21-35(37)36-24-23-33(27-38(36)42)31-18-11-17-30(25-31)32-19-12-20-34(26-32)41-44-39(28-13-5-3-6-14-28)43-40(45-41)29-15-7-4-8-16-29;11-8-5-1-3-7-4-2-6-10-9(7)8;/h3-31H,1-2H3;3-27H,1-2H3;1-6,11H;/q;;;-1. The van der Waals surface area contributed by atoms with Gasteiger partial charge in [0.05, 0.1) is 5.69 Å². The van der Waals surface area contributed by atoms with E-state index in [-0.39, 0.29) is 35.4 Å². The third-order valence-electron chi connectivity index (χ3n) is 21.5. The Kier molecular flexibility index (Phi) is 17.9. The van der Waals surface area contributed by atoms with E-state index in [2.05, 4.69) is 304 Å². The number of para-hydroxylation sites is 2. The monoisotopic (exact) mass is 1380 g/mol. The third-order valence-corrected chi connectivity index (χ3v) is 21.5. The SMILES string of the molecule is CC1(C)c2ccccc2-c2ccc(-c3cccc(-c4cccc(-c5nc(-c6ccccc6)nc(-c6ccccc6)n5)c4)c3)cc21.CC1(C)c2ccccc2-c2ccc(N(c3ccc(-c4ccc(-c5ccccc5)cc4)cc3)c3cccc4c3oc3ccc5ccccc5c34)cc21.[Li-].[O-]c1cccc2ccc[nH+]c12. The minimum absolute atomic E-state index is 0. The van der Waals surface area contributed by atoms with Crippen LogP contribution in [0.4, 0.5) is 17.1 Å². The first-order valence-electron chi connectivity index (χ1n) is 36.5. The molecule has 0 spiro atoms. The summed E-state index contributed by atoms with van der Waals surface area (Å²) in [4.78, 5) is 20.0. The Labute approximate surface area is 641 Å². The van der Waals surface area contributed by atoms with E-state index in [4.69, 9.17) is 19.4 Å². The van der Waals surface area contributed by atoms with E-state index >= 15 is 0 Å². The number of aromatic amines is 1. The molecule has 3 heterocycles. The summed E-state index contributed by atoms with van der Waals surface area (Å²) >= 11 is 0. The van der Waals surface area contributed by atoms with Crippen LogP contribution in [0.1, 0.15) is 49.9 Å². The van der Waals surface area contributed by atoms with Crippen molar-refractivity contribution in [2.45, 2.75) is 38.5 Å². The zero-order valence-corrected chi connectivity index (χ0v) is 60.7. The normalized spacial score (nSPS) is 12.6. The molecule has 15 aromatic carbocycles. The fourth-order valence-corrected chi connectivity index (χ4v) is 15.9. The predicted molar refractivity (Wildman–Crippen MR) is 445 cm³/mol. The van der Waals surface area contributed by atoms with Gasteiger partial charge in [0.2, 0.25) is 5.52 Å². The topological polar surface area (TPSA) is 92.2 Å². The quantitative estimate of drug-likeness (QED) is 0.127. The first-order valence-corrected chi connectivity index (χ1v) is 36.5. The van der Waals surface area contributed by atoms with Gasteiger partial charge in [-0.3, -0.25) is 0 Å². The number of hydrogen-bond donors (Lipinski definition) is 0. The molecule has 512 valence electrons. The molecule has 0 fully saturated rings. The summed E-state index contributed by atoms with van der Waals surface area (Å²) in [5.74, 6) is 2.02. The van der Waals surface area contributed by atoms with Gasteiger partial charge in [-0.15, -0.1) is 0 Å². The van der Waals surface area contributed by atoms with Crippen molar-refractivity contribution in [3.05, 3.63) is 386 Å².